The Kier molecular flexibility index (Phi) is 5.26. The van der Waals surface area contributed by atoms with Crippen molar-refractivity contribution in [2.24, 2.45) is 0 Å². The van der Waals surface area contributed by atoms with Gasteiger partial charge in [0, 0.05) is 24.8 Å². The van der Waals surface area contributed by atoms with Crippen molar-refractivity contribution in [3.63, 3.8) is 0 Å². The highest BCUT2D eigenvalue weighted by Crippen LogP contribution is 2.23. The lowest BCUT2D eigenvalue weighted by molar-refractivity contribution is 0.502. The van der Waals surface area contributed by atoms with Gasteiger partial charge < -0.3 is 10.2 Å². The maximum Gasteiger partial charge on any atom is 0.0369 e. The van der Waals surface area contributed by atoms with E-state index < -0.39 is 0 Å². The first-order valence-corrected chi connectivity index (χ1v) is 7.79. The first-order chi connectivity index (χ1) is 9.20. The molecule has 2 nitrogen and oxygen atoms in total. The zero-order valence-electron chi connectivity index (χ0n) is 12.7. The second kappa shape index (κ2) is 6.95. The van der Waals surface area contributed by atoms with E-state index in [0.717, 1.165) is 13.1 Å². The highest BCUT2D eigenvalue weighted by molar-refractivity contribution is 5.49. The third kappa shape index (κ3) is 3.97. The topological polar surface area (TPSA) is 15.3 Å². The van der Waals surface area contributed by atoms with Crippen molar-refractivity contribution < 1.29 is 0 Å². The summed E-state index contributed by atoms with van der Waals surface area (Å²) < 4.78 is 0. The van der Waals surface area contributed by atoms with Crippen molar-refractivity contribution in [2.75, 3.05) is 24.5 Å². The van der Waals surface area contributed by atoms with Gasteiger partial charge in [-0.25, -0.2) is 0 Å². The largest absolute Gasteiger partial charge is 0.370 e. The van der Waals surface area contributed by atoms with E-state index in [4.69, 9.17) is 0 Å². The number of benzene rings is 1. The monoisotopic (exact) mass is 260 g/mol. The van der Waals surface area contributed by atoms with Crippen LogP contribution in [0.4, 0.5) is 5.69 Å². The van der Waals surface area contributed by atoms with Crippen LogP contribution in [0, 0.1) is 0 Å². The van der Waals surface area contributed by atoms with Gasteiger partial charge >= 0.3 is 0 Å². The van der Waals surface area contributed by atoms with Crippen LogP contribution in [0.2, 0.25) is 0 Å². The van der Waals surface area contributed by atoms with E-state index in [0.29, 0.717) is 12.0 Å². The van der Waals surface area contributed by atoms with Crippen molar-refractivity contribution in [1.29, 1.82) is 0 Å². The highest BCUT2D eigenvalue weighted by Gasteiger charge is 2.17. The van der Waals surface area contributed by atoms with Gasteiger partial charge in [-0.05, 0) is 43.0 Å². The van der Waals surface area contributed by atoms with Crippen molar-refractivity contribution >= 4 is 5.69 Å². The number of nitrogens with one attached hydrogen (secondary N) is 1. The summed E-state index contributed by atoms with van der Waals surface area (Å²) in [5, 5.41) is 3.68. The van der Waals surface area contributed by atoms with Crippen LogP contribution in [0.25, 0.3) is 0 Å². The second-order valence-corrected chi connectivity index (χ2v) is 5.99. The third-order valence-corrected chi connectivity index (χ3v) is 4.02. The van der Waals surface area contributed by atoms with Crippen molar-refractivity contribution in [2.45, 2.75) is 52.0 Å². The van der Waals surface area contributed by atoms with Gasteiger partial charge in [0.15, 0.2) is 0 Å². The lowest BCUT2D eigenvalue weighted by Crippen LogP contribution is -2.37. The molecule has 0 amide bonds. The fourth-order valence-corrected chi connectivity index (χ4v) is 2.85. The zero-order valence-corrected chi connectivity index (χ0v) is 12.7. The Balaban J connectivity index is 2.12. The van der Waals surface area contributed by atoms with Crippen LogP contribution in [-0.2, 0) is 0 Å². The molecule has 0 aliphatic carbocycles. The molecule has 1 heterocycles. The van der Waals surface area contributed by atoms with Crippen LogP contribution < -0.4 is 10.2 Å². The molecule has 2 heteroatoms. The Morgan fingerprint density at radius 1 is 1.37 bits per heavy atom. The van der Waals surface area contributed by atoms with Gasteiger partial charge in [-0.3, -0.25) is 0 Å². The summed E-state index contributed by atoms with van der Waals surface area (Å²) in [5.74, 6) is 0.608. The molecular weight excluding hydrogens is 232 g/mol. The van der Waals surface area contributed by atoms with Crippen molar-refractivity contribution in [3.05, 3.63) is 29.8 Å². The fourth-order valence-electron chi connectivity index (χ4n) is 2.85. The quantitative estimate of drug-likeness (QED) is 0.886. The molecule has 19 heavy (non-hydrogen) atoms. The Labute approximate surface area is 118 Å². The molecule has 1 fully saturated rings. The van der Waals surface area contributed by atoms with Crippen LogP contribution >= 0.6 is 0 Å². The minimum Gasteiger partial charge on any atom is -0.370 e. The summed E-state index contributed by atoms with van der Waals surface area (Å²) in [6.07, 6.45) is 3.78. The molecule has 0 aromatic heterocycles. The summed E-state index contributed by atoms with van der Waals surface area (Å²) in [6.45, 7) is 10.3. The predicted octanol–water partition coefficient (Wildman–Crippen LogP) is 3.78. The average molecular weight is 260 g/mol. The molecule has 1 aromatic carbocycles. The molecule has 1 atom stereocenters. The molecule has 106 valence electrons. The van der Waals surface area contributed by atoms with Crippen molar-refractivity contribution in [3.8, 4) is 0 Å². The first-order valence-electron chi connectivity index (χ1n) is 7.79. The lowest BCUT2D eigenvalue weighted by Gasteiger charge is -2.27. The standard InChI is InChI=1S/C17H28N2/c1-4-7-16-13-19(11-6-10-18-16)17-9-5-8-15(12-17)14(2)3/h5,8-9,12,14,16,18H,4,6-7,10-11,13H2,1-3H3. The van der Waals surface area contributed by atoms with E-state index in [1.165, 1.54) is 37.1 Å². The molecular formula is C17H28N2. The molecule has 2 rings (SSSR count). The summed E-state index contributed by atoms with van der Waals surface area (Å²) >= 11 is 0. The van der Waals surface area contributed by atoms with Crippen LogP contribution in [0.5, 0.6) is 0 Å². The van der Waals surface area contributed by atoms with Crippen LogP contribution in [0.15, 0.2) is 24.3 Å². The number of hydrogen-bond acceptors (Lipinski definition) is 2. The van der Waals surface area contributed by atoms with E-state index in [9.17, 15) is 0 Å². The minimum atomic E-state index is 0.608. The molecule has 1 saturated heterocycles. The van der Waals surface area contributed by atoms with Gasteiger partial charge in [0.25, 0.3) is 0 Å². The molecule has 0 bridgehead atoms. The van der Waals surface area contributed by atoms with Gasteiger partial charge in [0.05, 0.1) is 0 Å². The Bertz CT molecular complexity index is 387. The van der Waals surface area contributed by atoms with Gasteiger partial charge in [-0.2, -0.15) is 0 Å². The van der Waals surface area contributed by atoms with E-state index in [1.54, 1.807) is 0 Å². The Hall–Kier alpha value is -1.02. The van der Waals surface area contributed by atoms with Crippen LogP contribution in [0.1, 0.15) is 51.5 Å². The summed E-state index contributed by atoms with van der Waals surface area (Å²) in [5.41, 5.74) is 2.85. The fraction of sp³-hybridized carbons (Fsp3) is 0.647. The number of hydrogen-bond donors (Lipinski definition) is 1. The zero-order chi connectivity index (χ0) is 13.7. The van der Waals surface area contributed by atoms with E-state index in [1.807, 2.05) is 0 Å². The lowest BCUT2D eigenvalue weighted by atomic mass is 10.0. The maximum absolute atomic E-state index is 3.68. The molecule has 0 spiro atoms. The molecule has 1 N–H and O–H groups in total. The van der Waals surface area contributed by atoms with E-state index in [-0.39, 0.29) is 0 Å². The summed E-state index contributed by atoms with van der Waals surface area (Å²) in [7, 11) is 0. The van der Waals surface area contributed by atoms with Gasteiger partial charge in [0.1, 0.15) is 0 Å². The van der Waals surface area contributed by atoms with Gasteiger partial charge in [-0.15, -0.1) is 0 Å². The van der Waals surface area contributed by atoms with E-state index in [2.05, 4.69) is 55.3 Å². The van der Waals surface area contributed by atoms with Crippen LogP contribution in [-0.4, -0.2) is 25.7 Å². The van der Waals surface area contributed by atoms with Gasteiger partial charge in [-0.1, -0.05) is 39.3 Å². The highest BCUT2D eigenvalue weighted by atomic mass is 15.2. The number of anilines is 1. The van der Waals surface area contributed by atoms with Gasteiger partial charge in [0.2, 0.25) is 0 Å². The molecule has 1 unspecified atom stereocenters. The second-order valence-electron chi connectivity index (χ2n) is 5.99. The molecule has 1 aliphatic rings. The van der Waals surface area contributed by atoms with E-state index >= 15 is 0 Å². The van der Waals surface area contributed by atoms with Crippen LogP contribution in [0.3, 0.4) is 0 Å². The Morgan fingerprint density at radius 3 is 2.95 bits per heavy atom. The SMILES string of the molecule is CCCC1CN(c2cccc(C(C)C)c2)CCCN1. The third-order valence-electron chi connectivity index (χ3n) is 4.02. The number of rotatable bonds is 4. The number of nitrogens with zero attached hydrogens (tertiary/aromatic N) is 1. The first kappa shape index (κ1) is 14.4. The molecule has 0 radical (unpaired) electrons. The summed E-state index contributed by atoms with van der Waals surface area (Å²) in [4.78, 5) is 2.56. The molecule has 0 saturated carbocycles. The molecule has 1 aliphatic heterocycles. The Morgan fingerprint density at radius 2 is 2.21 bits per heavy atom. The summed E-state index contributed by atoms with van der Waals surface area (Å²) in [6, 6.07) is 9.74. The normalized spacial score (nSPS) is 20.6. The van der Waals surface area contributed by atoms with Crippen molar-refractivity contribution in [1.82, 2.24) is 5.32 Å². The smallest absolute Gasteiger partial charge is 0.0369 e. The average Bonchev–Trinajstić information content (AvgIpc) is 2.65. The maximum atomic E-state index is 3.68. The predicted molar refractivity (Wildman–Crippen MR) is 84.1 cm³/mol. The minimum absolute atomic E-state index is 0.608. The molecule has 1 aromatic rings.